The molecule has 0 aliphatic carbocycles. The first kappa shape index (κ1) is 20.8. The molecular weight excluding hydrogens is 366 g/mol. The maximum atomic E-state index is 12.4. The molecule has 0 spiro atoms. The predicted molar refractivity (Wildman–Crippen MR) is 116 cm³/mol. The zero-order valence-electron chi connectivity index (χ0n) is 17.8. The van der Waals surface area contributed by atoms with Crippen molar-refractivity contribution in [1.29, 1.82) is 0 Å². The Balaban J connectivity index is 1.40. The molecule has 6 nitrogen and oxygen atoms in total. The number of carbonyl (C=O) groups excluding carboxylic acids is 1. The molecule has 1 N–H and O–H groups in total. The lowest BCUT2D eigenvalue weighted by Crippen LogP contribution is -2.52. The van der Waals surface area contributed by atoms with E-state index in [0.29, 0.717) is 26.2 Å². The van der Waals surface area contributed by atoms with E-state index in [4.69, 9.17) is 9.47 Å². The summed E-state index contributed by atoms with van der Waals surface area (Å²) in [6.45, 7) is 10.2. The number of rotatable bonds is 6. The van der Waals surface area contributed by atoms with Crippen molar-refractivity contribution in [1.82, 2.24) is 10.2 Å². The van der Waals surface area contributed by atoms with Gasteiger partial charge in [0, 0.05) is 31.9 Å². The lowest BCUT2D eigenvalue weighted by atomic mass is 10.1. The summed E-state index contributed by atoms with van der Waals surface area (Å²) in [5, 5.41) is 2.96. The molecule has 0 radical (unpaired) electrons. The van der Waals surface area contributed by atoms with Gasteiger partial charge >= 0.3 is 6.03 Å². The molecule has 1 fully saturated rings. The highest BCUT2D eigenvalue weighted by atomic mass is 16.5. The number of anilines is 1. The van der Waals surface area contributed by atoms with Crippen LogP contribution in [0.4, 0.5) is 10.5 Å². The number of benzene rings is 2. The van der Waals surface area contributed by atoms with Crippen molar-refractivity contribution >= 4 is 11.7 Å². The summed E-state index contributed by atoms with van der Waals surface area (Å²) < 4.78 is 11.1. The van der Waals surface area contributed by atoms with Crippen LogP contribution >= 0.6 is 0 Å². The lowest BCUT2D eigenvalue weighted by Gasteiger charge is -2.36. The molecule has 1 aliphatic heterocycles. The Morgan fingerprint density at radius 1 is 0.966 bits per heavy atom. The predicted octanol–water partition coefficient (Wildman–Crippen LogP) is 3.53. The van der Waals surface area contributed by atoms with Crippen LogP contribution in [0, 0.1) is 20.8 Å². The molecule has 0 bridgehead atoms. The van der Waals surface area contributed by atoms with Gasteiger partial charge in [-0.25, -0.2) is 4.79 Å². The Morgan fingerprint density at radius 3 is 2.28 bits per heavy atom. The van der Waals surface area contributed by atoms with Gasteiger partial charge in [-0.2, -0.15) is 0 Å². The summed E-state index contributed by atoms with van der Waals surface area (Å²) in [5.74, 6) is 1.74. The van der Waals surface area contributed by atoms with Crippen molar-refractivity contribution in [2.45, 2.75) is 20.8 Å². The topological polar surface area (TPSA) is 54.0 Å². The number of urea groups is 1. The third-order valence-corrected chi connectivity index (χ3v) is 5.43. The first-order chi connectivity index (χ1) is 14.0. The molecule has 156 valence electrons. The van der Waals surface area contributed by atoms with Crippen LogP contribution in [-0.2, 0) is 0 Å². The van der Waals surface area contributed by atoms with E-state index in [2.05, 4.69) is 48.3 Å². The van der Waals surface area contributed by atoms with Gasteiger partial charge in [-0.05, 0) is 67.8 Å². The van der Waals surface area contributed by atoms with Crippen LogP contribution in [0.15, 0.2) is 36.4 Å². The molecule has 0 saturated carbocycles. The molecule has 1 heterocycles. The molecular formula is C23H31N3O3. The van der Waals surface area contributed by atoms with Crippen LogP contribution in [0.25, 0.3) is 0 Å². The van der Waals surface area contributed by atoms with Crippen LogP contribution in [0.5, 0.6) is 11.5 Å². The number of hydrogen-bond acceptors (Lipinski definition) is 4. The Hall–Kier alpha value is -2.89. The maximum absolute atomic E-state index is 12.4. The fraction of sp³-hybridized carbons (Fsp3) is 0.435. The summed E-state index contributed by atoms with van der Waals surface area (Å²) in [4.78, 5) is 16.6. The SMILES string of the molecule is COc1ccc(N2CCN(C(=O)NCCOc3cc(C)c(C)cc3C)CC2)cc1. The first-order valence-corrected chi connectivity index (χ1v) is 10.1. The van der Waals surface area contributed by atoms with E-state index in [1.54, 1.807) is 7.11 Å². The van der Waals surface area contributed by atoms with Crippen molar-refractivity contribution in [3.8, 4) is 11.5 Å². The first-order valence-electron chi connectivity index (χ1n) is 10.1. The molecule has 3 rings (SSSR count). The molecule has 6 heteroatoms. The number of ether oxygens (including phenoxy) is 2. The highest BCUT2D eigenvalue weighted by Crippen LogP contribution is 2.22. The highest BCUT2D eigenvalue weighted by Gasteiger charge is 2.21. The van der Waals surface area contributed by atoms with Crippen LogP contribution in [-0.4, -0.2) is 57.4 Å². The fourth-order valence-corrected chi connectivity index (χ4v) is 3.48. The zero-order chi connectivity index (χ0) is 20.8. The standard InChI is InChI=1S/C23H31N3O3/c1-17-15-19(3)22(16-18(17)2)29-14-9-24-23(27)26-12-10-25(11-13-26)20-5-7-21(28-4)8-6-20/h5-8,15-16H,9-14H2,1-4H3,(H,24,27). The van der Waals surface area contributed by atoms with Gasteiger partial charge in [-0.15, -0.1) is 0 Å². The smallest absolute Gasteiger partial charge is 0.317 e. The molecule has 0 unspecified atom stereocenters. The van der Waals surface area contributed by atoms with Crippen molar-refractivity contribution in [2.24, 2.45) is 0 Å². The summed E-state index contributed by atoms with van der Waals surface area (Å²) in [7, 11) is 1.67. The number of piperazine rings is 1. The third kappa shape index (κ3) is 5.34. The number of nitrogens with zero attached hydrogens (tertiary/aromatic N) is 2. The highest BCUT2D eigenvalue weighted by molar-refractivity contribution is 5.74. The Bertz CT molecular complexity index is 828. The van der Waals surface area contributed by atoms with Gasteiger partial charge in [-0.1, -0.05) is 6.07 Å². The minimum absolute atomic E-state index is 0.0280. The number of methoxy groups -OCH3 is 1. The van der Waals surface area contributed by atoms with E-state index in [-0.39, 0.29) is 6.03 Å². The summed E-state index contributed by atoms with van der Waals surface area (Å²) >= 11 is 0. The fourth-order valence-electron chi connectivity index (χ4n) is 3.48. The Morgan fingerprint density at radius 2 is 1.62 bits per heavy atom. The average molecular weight is 398 g/mol. The van der Waals surface area contributed by atoms with Gasteiger partial charge in [0.05, 0.1) is 13.7 Å². The van der Waals surface area contributed by atoms with Gasteiger partial charge in [0.15, 0.2) is 0 Å². The van der Waals surface area contributed by atoms with Gasteiger partial charge in [0.1, 0.15) is 18.1 Å². The molecule has 2 aromatic carbocycles. The minimum Gasteiger partial charge on any atom is -0.497 e. The van der Waals surface area contributed by atoms with Crippen LogP contribution in [0.1, 0.15) is 16.7 Å². The Kier molecular flexibility index (Phi) is 6.86. The summed E-state index contributed by atoms with van der Waals surface area (Å²) in [5.41, 5.74) is 4.75. The van der Waals surface area contributed by atoms with Crippen LogP contribution in [0.2, 0.25) is 0 Å². The van der Waals surface area contributed by atoms with E-state index < -0.39 is 0 Å². The molecule has 0 atom stereocenters. The number of hydrogen-bond donors (Lipinski definition) is 1. The van der Waals surface area contributed by atoms with Crippen LogP contribution in [0.3, 0.4) is 0 Å². The molecule has 1 saturated heterocycles. The maximum Gasteiger partial charge on any atom is 0.317 e. The van der Waals surface area contributed by atoms with Gasteiger partial charge < -0.3 is 24.6 Å². The quantitative estimate of drug-likeness (QED) is 0.758. The second-order valence-corrected chi connectivity index (χ2v) is 7.45. The van der Waals surface area contributed by atoms with E-state index in [1.807, 2.05) is 24.0 Å². The second kappa shape index (κ2) is 9.54. The largest absolute Gasteiger partial charge is 0.497 e. The number of amides is 2. The minimum atomic E-state index is -0.0280. The number of carbonyl (C=O) groups is 1. The molecule has 29 heavy (non-hydrogen) atoms. The second-order valence-electron chi connectivity index (χ2n) is 7.45. The summed E-state index contributed by atoms with van der Waals surface area (Å²) in [6.07, 6.45) is 0. The molecule has 2 amide bonds. The van der Waals surface area contributed by atoms with Crippen molar-refractivity contribution in [2.75, 3.05) is 51.3 Å². The van der Waals surface area contributed by atoms with E-state index in [0.717, 1.165) is 35.8 Å². The van der Waals surface area contributed by atoms with Crippen LogP contribution < -0.4 is 19.7 Å². The number of nitrogens with one attached hydrogen (secondary N) is 1. The van der Waals surface area contributed by atoms with Crippen molar-refractivity contribution < 1.29 is 14.3 Å². The normalized spacial score (nSPS) is 13.9. The zero-order valence-corrected chi connectivity index (χ0v) is 17.8. The third-order valence-electron chi connectivity index (χ3n) is 5.43. The van der Waals surface area contributed by atoms with Gasteiger partial charge in [-0.3, -0.25) is 0 Å². The Labute approximate surface area is 173 Å². The van der Waals surface area contributed by atoms with Gasteiger partial charge in [0.2, 0.25) is 0 Å². The lowest BCUT2D eigenvalue weighted by molar-refractivity contribution is 0.191. The van der Waals surface area contributed by atoms with E-state index in [9.17, 15) is 4.79 Å². The molecule has 2 aromatic rings. The monoisotopic (exact) mass is 397 g/mol. The van der Waals surface area contributed by atoms with Gasteiger partial charge in [0.25, 0.3) is 0 Å². The van der Waals surface area contributed by atoms with E-state index >= 15 is 0 Å². The average Bonchev–Trinajstić information content (AvgIpc) is 2.74. The summed E-state index contributed by atoms with van der Waals surface area (Å²) in [6, 6.07) is 12.2. The van der Waals surface area contributed by atoms with Crippen molar-refractivity contribution in [3.63, 3.8) is 0 Å². The van der Waals surface area contributed by atoms with Crippen molar-refractivity contribution in [3.05, 3.63) is 53.1 Å². The molecule has 1 aliphatic rings. The number of aryl methyl sites for hydroxylation is 3. The molecule has 0 aromatic heterocycles. The van der Waals surface area contributed by atoms with E-state index in [1.165, 1.54) is 11.1 Å².